The van der Waals surface area contributed by atoms with Crippen molar-refractivity contribution in [2.24, 2.45) is 0 Å². The summed E-state index contributed by atoms with van der Waals surface area (Å²) < 4.78 is 4.65. The second-order valence-corrected chi connectivity index (χ2v) is 7.56. The number of hydrogen-bond donors (Lipinski definition) is 0. The number of imidazole rings is 2. The lowest BCUT2D eigenvalue weighted by Gasteiger charge is -2.26. The molecule has 138 valence electrons. The smallest absolute Gasteiger partial charge is 0.215 e. The molecule has 0 amide bonds. The Labute approximate surface area is 160 Å². The minimum atomic E-state index is 1.00. The third-order valence-electron chi connectivity index (χ3n) is 5.74. The van der Waals surface area contributed by atoms with Crippen molar-refractivity contribution in [3.05, 3.63) is 60.8 Å². The van der Waals surface area contributed by atoms with Gasteiger partial charge in [-0.25, -0.2) is 4.98 Å². The molecule has 0 atom stereocenters. The van der Waals surface area contributed by atoms with Crippen molar-refractivity contribution >= 4 is 16.8 Å². The van der Waals surface area contributed by atoms with Gasteiger partial charge in [0.2, 0.25) is 5.78 Å². The van der Waals surface area contributed by atoms with E-state index in [1.54, 1.807) is 0 Å². The Morgan fingerprint density at radius 1 is 0.815 bits per heavy atom. The Balaban J connectivity index is 1.51. The van der Waals surface area contributed by atoms with Crippen molar-refractivity contribution in [2.45, 2.75) is 32.2 Å². The van der Waals surface area contributed by atoms with Gasteiger partial charge in [0.1, 0.15) is 0 Å². The molecule has 0 aliphatic carbocycles. The van der Waals surface area contributed by atoms with Crippen molar-refractivity contribution in [1.29, 1.82) is 0 Å². The third kappa shape index (κ3) is 3.15. The van der Waals surface area contributed by atoms with Crippen LogP contribution in [0.2, 0.25) is 0 Å². The van der Waals surface area contributed by atoms with Crippen LogP contribution in [0, 0.1) is 0 Å². The third-order valence-corrected chi connectivity index (χ3v) is 5.74. The molecule has 2 aromatic carbocycles. The molecule has 4 nitrogen and oxygen atoms in total. The summed E-state index contributed by atoms with van der Waals surface area (Å²) in [6, 6.07) is 19.1. The van der Waals surface area contributed by atoms with E-state index < -0.39 is 0 Å². The number of benzene rings is 2. The van der Waals surface area contributed by atoms with Gasteiger partial charge in [-0.1, -0.05) is 48.9 Å². The molecule has 5 rings (SSSR count). The summed E-state index contributed by atoms with van der Waals surface area (Å²) in [7, 11) is 0. The molecule has 4 heteroatoms. The first-order valence-corrected chi connectivity index (χ1v) is 10.1. The maximum atomic E-state index is 4.94. The van der Waals surface area contributed by atoms with Gasteiger partial charge in [0, 0.05) is 12.7 Å². The van der Waals surface area contributed by atoms with Gasteiger partial charge in [-0.3, -0.25) is 4.40 Å². The largest absolute Gasteiger partial charge is 0.310 e. The predicted octanol–water partition coefficient (Wildman–Crippen LogP) is 4.83. The minimum absolute atomic E-state index is 1.00. The second kappa shape index (κ2) is 7.20. The van der Waals surface area contributed by atoms with Crippen molar-refractivity contribution in [2.75, 3.05) is 19.6 Å². The van der Waals surface area contributed by atoms with E-state index >= 15 is 0 Å². The van der Waals surface area contributed by atoms with Crippen LogP contribution in [0.5, 0.6) is 0 Å². The molecule has 1 aliphatic heterocycles. The fourth-order valence-electron chi connectivity index (χ4n) is 4.34. The van der Waals surface area contributed by atoms with E-state index in [0.717, 1.165) is 24.3 Å². The molecular formula is C23H26N4. The van der Waals surface area contributed by atoms with Gasteiger partial charge >= 0.3 is 0 Å². The van der Waals surface area contributed by atoms with Crippen molar-refractivity contribution in [3.63, 3.8) is 0 Å². The molecule has 0 unspecified atom stereocenters. The lowest BCUT2D eigenvalue weighted by molar-refractivity contribution is 0.223. The highest BCUT2D eigenvalue weighted by Gasteiger charge is 2.16. The Morgan fingerprint density at radius 3 is 2.44 bits per heavy atom. The summed E-state index contributed by atoms with van der Waals surface area (Å²) in [5, 5.41) is 0. The fraction of sp³-hybridized carbons (Fsp3) is 0.348. The number of rotatable bonds is 5. The lowest BCUT2D eigenvalue weighted by Crippen LogP contribution is -2.31. The molecule has 1 aliphatic rings. The van der Waals surface area contributed by atoms with Crippen LogP contribution >= 0.6 is 0 Å². The normalized spacial score (nSPS) is 15.7. The molecule has 0 radical (unpaired) electrons. The summed E-state index contributed by atoms with van der Waals surface area (Å²) in [6.45, 7) is 4.71. The molecule has 0 bridgehead atoms. The van der Waals surface area contributed by atoms with Crippen LogP contribution in [0.3, 0.4) is 0 Å². The van der Waals surface area contributed by atoms with E-state index in [1.165, 1.54) is 55.7 Å². The summed E-state index contributed by atoms with van der Waals surface area (Å²) in [5.74, 6) is 1.05. The highest BCUT2D eigenvalue weighted by atomic mass is 15.2. The van der Waals surface area contributed by atoms with Crippen LogP contribution in [-0.2, 0) is 6.54 Å². The Bertz CT molecular complexity index is 1040. The zero-order valence-electron chi connectivity index (χ0n) is 15.7. The lowest BCUT2D eigenvalue weighted by atomic mass is 10.1. The van der Waals surface area contributed by atoms with Crippen molar-refractivity contribution < 1.29 is 0 Å². The SMILES string of the molecule is c1ccc(-c2cn3c4ccccc4nc3n2CCCN2CCCCC2)cc1. The average Bonchev–Trinajstić information content (AvgIpc) is 3.26. The maximum absolute atomic E-state index is 4.94. The summed E-state index contributed by atoms with van der Waals surface area (Å²) >= 11 is 0. The number of likely N-dealkylation sites (tertiary alicyclic amines) is 1. The zero-order valence-corrected chi connectivity index (χ0v) is 15.7. The number of aryl methyl sites for hydroxylation is 1. The zero-order chi connectivity index (χ0) is 18.1. The van der Waals surface area contributed by atoms with Crippen molar-refractivity contribution in [3.8, 4) is 11.3 Å². The number of piperidine rings is 1. The van der Waals surface area contributed by atoms with Crippen molar-refractivity contribution in [1.82, 2.24) is 18.9 Å². The molecule has 2 aromatic heterocycles. The number of nitrogens with zero attached hydrogens (tertiary/aromatic N) is 4. The Kier molecular flexibility index (Phi) is 4.42. The highest BCUT2D eigenvalue weighted by molar-refractivity contribution is 5.81. The molecule has 4 aromatic rings. The highest BCUT2D eigenvalue weighted by Crippen LogP contribution is 2.27. The second-order valence-electron chi connectivity index (χ2n) is 7.56. The predicted molar refractivity (Wildman–Crippen MR) is 111 cm³/mol. The number of aromatic nitrogens is 3. The minimum Gasteiger partial charge on any atom is -0.310 e. The molecule has 27 heavy (non-hydrogen) atoms. The van der Waals surface area contributed by atoms with Crippen LogP contribution < -0.4 is 0 Å². The molecule has 3 heterocycles. The fourth-order valence-corrected chi connectivity index (χ4v) is 4.34. The molecular weight excluding hydrogens is 332 g/mol. The quantitative estimate of drug-likeness (QED) is 0.510. The Hall–Kier alpha value is -2.59. The van der Waals surface area contributed by atoms with E-state index in [0.29, 0.717) is 0 Å². The number of para-hydroxylation sites is 2. The monoisotopic (exact) mass is 358 g/mol. The first-order valence-electron chi connectivity index (χ1n) is 10.1. The van der Waals surface area contributed by atoms with E-state index in [2.05, 4.69) is 74.7 Å². The summed E-state index contributed by atoms with van der Waals surface area (Å²) in [5.41, 5.74) is 4.75. The van der Waals surface area contributed by atoms with Crippen LogP contribution in [0.25, 0.3) is 28.1 Å². The van der Waals surface area contributed by atoms with E-state index in [4.69, 9.17) is 4.98 Å². The van der Waals surface area contributed by atoms with Gasteiger partial charge in [-0.2, -0.15) is 0 Å². The van der Waals surface area contributed by atoms with Crippen LogP contribution in [0.1, 0.15) is 25.7 Å². The summed E-state index contributed by atoms with van der Waals surface area (Å²) in [4.78, 5) is 7.56. The van der Waals surface area contributed by atoms with Gasteiger partial charge in [0.05, 0.1) is 16.7 Å². The topological polar surface area (TPSA) is 25.5 Å². The van der Waals surface area contributed by atoms with Gasteiger partial charge < -0.3 is 9.47 Å². The van der Waals surface area contributed by atoms with Crippen LogP contribution in [-0.4, -0.2) is 38.5 Å². The number of fused-ring (bicyclic) bond motifs is 3. The van der Waals surface area contributed by atoms with E-state index in [9.17, 15) is 0 Å². The van der Waals surface area contributed by atoms with E-state index in [1.807, 2.05) is 0 Å². The maximum Gasteiger partial charge on any atom is 0.215 e. The number of hydrogen-bond acceptors (Lipinski definition) is 2. The van der Waals surface area contributed by atoms with Gasteiger partial charge in [0.15, 0.2) is 0 Å². The molecule has 0 saturated carbocycles. The van der Waals surface area contributed by atoms with E-state index in [-0.39, 0.29) is 0 Å². The molecule has 1 fully saturated rings. The molecule has 0 N–H and O–H groups in total. The molecule has 0 spiro atoms. The average molecular weight is 358 g/mol. The van der Waals surface area contributed by atoms with Gasteiger partial charge in [-0.05, 0) is 56.6 Å². The molecule has 1 saturated heterocycles. The first-order chi connectivity index (χ1) is 13.4. The Morgan fingerprint density at radius 2 is 1.59 bits per heavy atom. The van der Waals surface area contributed by atoms with Gasteiger partial charge in [0.25, 0.3) is 0 Å². The van der Waals surface area contributed by atoms with Gasteiger partial charge in [-0.15, -0.1) is 0 Å². The summed E-state index contributed by atoms with van der Waals surface area (Å²) in [6.07, 6.45) is 7.52. The first kappa shape index (κ1) is 16.6. The van der Waals surface area contributed by atoms with Crippen LogP contribution in [0.4, 0.5) is 0 Å². The standard InChI is InChI=1S/C23H26N4/c1-3-10-19(11-4-1)22-18-27-21-13-6-5-12-20(21)24-23(27)26(22)17-9-16-25-14-7-2-8-15-25/h1,3-6,10-13,18H,2,7-9,14-17H2. The van der Waals surface area contributed by atoms with Crippen LogP contribution in [0.15, 0.2) is 60.8 Å².